The topological polar surface area (TPSA) is 42.3 Å². The zero-order chi connectivity index (χ0) is 14.3. The maximum absolute atomic E-state index is 13.7. The molecular weight excluding hydrogens is 306 g/mol. The van der Waals surface area contributed by atoms with E-state index < -0.39 is 11.6 Å². The lowest BCUT2D eigenvalue weighted by Gasteiger charge is -2.13. The van der Waals surface area contributed by atoms with Crippen molar-refractivity contribution in [2.75, 3.05) is 6.54 Å². The molecule has 1 aliphatic heterocycles. The van der Waals surface area contributed by atoms with Gasteiger partial charge in [-0.05, 0) is 18.7 Å². The van der Waals surface area contributed by atoms with Gasteiger partial charge in [0.05, 0.1) is 21.3 Å². The number of carbonyl (C=O) groups is 1. The SMILES string of the molecule is O=C1CN=CCC1Cc1nc2c(F)c(F)cc(Cl)c2s1. The Hall–Kier alpha value is -1.40. The van der Waals surface area contributed by atoms with Gasteiger partial charge in [0.1, 0.15) is 5.52 Å². The van der Waals surface area contributed by atoms with Crippen molar-refractivity contribution in [3.8, 4) is 0 Å². The summed E-state index contributed by atoms with van der Waals surface area (Å²) in [4.78, 5) is 19.7. The van der Waals surface area contributed by atoms with E-state index in [0.29, 0.717) is 22.5 Å². The number of hydrogen-bond acceptors (Lipinski definition) is 4. The highest BCUT2D eigenvalue weighted by molar-refractivity contribution is 7.19. The number of rotatable bonds is 2. The third kappa shape index (κ3) is 2.33. The van der Waals surface area contributed by atoms with Crippen LogP contribution in [0.5, 0.6) is 0 Å². The first-order chi connectivity index (χ1) is 9.56. The molecule has 0 spiro atoms. The highest BCUT2D eigenvalue weighted by Crippen LogP contribution is 2.33. The van der Waals surface area contributed by atoms with Crippen molar-refractivity contribution in [3.63, 3.8) is 0 Å². The van der Waals surface area contributed by atoms with E-state index in [1.807, 2.05) is 0 Å². The van der Waals surface area contributed by atoms with Gasteiger partial charge >= 0.3 is 0 Å². The van der Waals surface area contributed by atoms with E-state index in [1.165, 1.54) is 11.3 Å². The molecule has 1 aliphatic rings. The van der Waals surface area contributed by atoms with E-state index in [4.69, 9.17) is 11.6 Å². The third-order valence-electron chi connectivity index (χ3n) is 3.20. The molecule has 0 saturated carbocycles. The van der Waals surface area contributed by atoms with Crippen molar-refractivity contribution >= 4 is 45.2 Å². The lowest BCUT2D eigenvalue weighted by Crippen LogP contribution is -2.23. The second-order valence-electron chi connectivity index (χ2n) is 4.57. The number of halogens is 3. The van der Waals surface area contributed by atoms with Crippen LogP contribution in [0.25, 0.3) is 10.2 Å². The lowest BCUT2D eigenvalue weighted by molar-refractivity contribution is -0.121. The predicted octanol–water partition coefficient (Wildman–Crippen LogP) is 3.43. The lowest BCUT2D eigenvalue weighted by atomic mass is 9.95. The summed E-state index contributed by atoms with van der Waals surface area (Å²) in [6.07, 6.45) is 2.67. The first-order valence-corrected chi connectivity index (χ1v) is 7.19. The molecule has 20 heavy (non-hydrogen) atoms. The largest absolute Gasteiger partial charge is 0.297 e. The zero-order valence-electron chi connectivity index (χ0n) is 10.2. The smallest absolute Gasteiger partial charge is 0.185 e. The van der Waals surface area contributed by atoms with Gasteiger partial charge in [-0.2, -0.15) is 0 Å². The van der Waals surface area contributed by atoms with E-state index in [9.17, 15) is 13.6 Å². The van der Waals surface area contributed by atoms with Crippen LogP contribution < -0.4 is 0 Å². The van der Waals surface area contributed by atoms with Crippen molar-refractivity contribution in [3.05, 3.63) is 27.7 Å². The van der Waals surface area contributed by atoms with Gasteiger partial charge in [-0.15, -0.1) is 11.3 Å². The average molecular weight is 315 g/mol. The molecule has 0 radical (unpaired) electrons. The van der Waals surface area contributed by atoms with Crippen LogP contribution in [-0.4, -0.2) is 23.5 Å². The number of carbonyl (C=O) groups excluding carboxylic acids is 1. The highest BCUT2D eigenvalue weighted by atomic mass is 35.5. The molecule has 1 atom stereocenters. The summed E-state index contributed by atoms with van der Waals surface area (Å²) in [5, 5.41) is 0.722. The molecule has 2 aromatic rings. The van der Waals surface area contributed by atoms with Crippen LogP contribution in [0.15, 0.2) is 11.1 Å². The maximum Gasteiger partial charge on any atom is 0.185 e. The molecule has 3 nitrogen and oxygen atoms in total. The first kappa shape index (κ1) is 13.6. The number of nitrogens with zero attached hydrogens (tertiary/aromatic N) is 2. The highest BCUT2D eigenvalue weighted by Gasteiger charge is 2.23. The molecule has 0 N–H and O–H groups in total. The van der Waals surface area contributed by atoms with Crippen molar-refractivity contribution in [2.24, 2.45) is 10.9 Å². The zero-order valence-corrected chi connectivity index (χ0v) is 11.8. The normalized spacial score (nSPS) is 18.9. The Morgan fingerprint density at radius 1 is 1.45 bits per heavy atom. The Kier molecular flexibility index (Phi) is 3.52. The first-order valence-electron chi connectivity index (χ1n) is 6.00. The number of aliphatic imine (C=N–C) groups is 1. The number of fused-ring (bicyclic) bond motifs is 1. The van der Waals surface area contributed by atoms with E-state index in [-0.39, 0.29) is 28.8 Å². The van der Waals surface area contributed by atoms with Gasteiger partial charge in [0.2, 0.25) is 0 Å². The van der Waals surface area contributed by atoms with Gasteiger partial charge in [-0.25, -0.2) is 13.8 Å². The summed E-state index contributed by atoms with van der Waals surface area (Å²) in [7, 11) is 0. The Labute approximate surface area is 122 Å². The molecule has 1 unspecified atom stereocenters. The number of benzene rings is 1. The monoisotopic (exact) mass is 314 g/mol. The van der Waals surface area contributed by atoms with Crippen LogP contribution in [0.4, 0.5) is 8.78 Å². The molecule has 0 aliphatic carbocycles. The van der Waals surface area contributed by atoms with E-state index in [0.717, 1.165) is 6.07 Å². The van der Waals surface area contributed by atoms with Crippen molar-refractivity contribution in [1.29, 1.82) is 0 Å². The van der Waals surface area contributed by atoms with Gasteiger partial charge < -0.3 is 0 Å². The van der Waals surface area contributed by atoms with Gasteiger partial charge in [0, 0.05) is 12.3 Å². The maximum atomic E-state index is 13.7. The molecule has 7 heteroatoms. The quantitative estimate of drug-likeness (QED) is 0.797. The molecule has 2 heterocycles. The van der Waals surface area contributed by atoms with E-state index >= 15 is 0 Å². The minimum absolute atomic E-state index is 0.0458. The molecule has 1 aromatic heterocycles. The van der Waals surface area contributed by atoms with Gasteiger partial charge in [0.15, 0.2) is 17.4 Å². The molecule has 0 amide bonds. The van der Waals surface area contributed by atoms with Crippen LogP contribution in [0.2, 0.25) is 5.02 Å². The molecule has 3 rings (SSSR count). The predicted molar refractivity (Wildman–Crippen MR) is 74.7 cm³/mol. The summed E-state index contributed by atoms with van der Waals surface area (Å²) in [5.41, 5.74) is -0.0630. The van der Waals surface area contributed by atoms with E-state index in [1.54, 1.807) is 6.21 Å². The average Bonchev–Trinajstić information content (AvgIpc) is 2.83. The third-order valence-corrected chi connectivity index (χ3v) is 4.72. The molecule has 1 aromatic carbocycles. The van der Waals surface area contributed by atoms with Gasteiger partial charge in [-0.3, -0.25) is 9.79 Å². The van der Waals surface area contributed by atoms with Crippen LogP contribution in [0.1, 0.15) is 11.4 Å². The van der Waals surface area contributed by atoms with Crippen LogP contribution in [0, 0.1) is 17.6 Å². The fourth-order valence-electron chi connectivity index (χ4n) is 2.14. The summed E-state index contributed by atoms with van der Waals surface area (Å²) in [6.45, 7) is 0.180. The second kappa shape index (κ2) is 5.18. The second-order valence-corrected chi connectivity index (χ2v) is 6.06. The van der Waals surface area contributed by atoms with Crippen LogP contribution in [0.3, 0.4) is 0 Å². The molecule has 104 valence electrons. The van der Waals surface area contributed by atoms with Gasteiger partial charge in [0.25, 0.3) is 0 Å². The fourth-order valence-corrected chi connectivity index (χ4v) is 3.49. The van der Waals surface area contributed by atoms with E-state index in [2.05, 4.69) is 9.98 Å². The summed E-state index contributed by atoms with van der Waals surface area (Å²) in [5.74, 6) is -2.16. The van der Waals surface area contributed by atoms with Gasteiger partial charge in [-0.1, -0.05) is 11.6 Å². The number of hydrogen-bond donors (Lipinski definition) is 0. The van der Waals surface area contributed by atoms with Crippen molar-refractivity contribution < 1.29 is 13.6 Å². The van der Waals surface area contributed by atoms with Crippen LogP contribution >= 0.6 is 22.9 Å². The minimum Gasteiger partial charge on any atom is -0.297 e. The Bertz CT molecular complexity index is 729. The van der Waals surface area contributed by atoms with Crippen molar-refractivity contribution in [2.45, 2.75) is 12.8 Å². The number of aromatic nitrogens is 1. The fraction of sp³-hybridized carbons (Fsp3) is 0.308. The Balaban J connectivity index is 1.97. The summed E-state index contributed by atoms with van der Waals surface area (Å²) >= 11 is 7.09. The Morgan fingerprint density at radius 3 is 3.00 bits per heavy atom. The number of ketones is 1. The minimum atomic E-state index is -1.01. The molecule has 0 bridgehead atoms. The molecular formula is C13H9ClF2N2OS. The number of thiazole rings is 1. The van der Waals surface area contributed by atoms with Crippen LogP contribution in [-0.2, 0) is 11.2 Å². The van der Waals surface area contributed by atoms with Crippen molar-refractivity contribution in [1.82, 2.24) is 4.98 Å². The molecule has 0 saturated heterocycles. The summed E-state index contributed by atoms with van der Waals surface area (Å²) in [6, 6.07) is 0.944. The molecule has 0 fully saturated rings. The number of Topliss-reactive ketones (excluding diaryl/α,β-unsaturated/α-hetero) is 1. The standard InChI is InChI=1S/C13H9ClF2N2OS/c14-7-4-8(15)11(16)12-13(7)20-10(18-12)3-6-1-2-17-5-9(6)19/h2,4,6H,1,3,5H2. The summed E-state index contributed by atoms with van der Waals surface area (Å²) < 4.78 is 27.4. The Morgan fingerprint density at radius 2 is 2.25 bits per heavy atom.